The summed E-state index contributed by atoms with van der Waals surface area (Å²) >= 11 is 0. The third kappa shape index (κ3) is 32.7. The van der Waals surface area contributed by atoms with Crippen molar-refractivity contribution < 1.29 is 28.4 Å². The maximum absolute atomic E-state index is 12.7. The summed E-state index contributed by atoms with van der Waals surface area (Å²) in [5, 5.41) is 13.5. The molecule has 8 nitrogen and oxygen atoms in total. The Morgan fingerprint density at radius 3 is 1.81 bits per heavy atom. The summed E-state index contributed by atoms with van der Waals surface area (Å²) in [6.07, 6.45) is 42.8. The molecular weight excluding hydrogens is 623 g/mol. The Hall–Kier alpha value is -1.80. The topological polar surface area (TPSA) is 131 Å². The molecule has 3 atom stereocenters. The Bertz CT molecular complexity index is 933. The van der Waals surface area contributed by atoms with Gasteiger partial charge in [-0.25, -0.2) is 4.57 Å². The lowest BCUT2D eigenvalue weighted by atomic mass is 10.1. The molecule has 48 heavy (non-hydrogen) atoms. The van der Waals surface area contributed by atoms with Gasteiger partial charge < -0.3 is 21.1 Å². The van der Waals surface area contributed by atoms with E-state index in [1.165, 1.54) is 64.2 Å². The fraction of sp³-hybridized carbons (Fsp3) is 0.718. The number of allylic oxidation sites excluding steroid dienone is 9. The Balaban J connectivity index is 4.22. The zero-order valence-electron chi connectivity index (χ0n) is 30.5. The van der Waals surface area contributed by atoms with Crippen molar-refractivity contribution in [3.05, 3.63) is 60.8 Å². The normalized spacial score (nSPS) is 15.0. The number of amides is 1. The summed E-state index contributed by atoms with van der Waals surface area (Å²) in [5.41, 5.74) is 5.34. The van der Waals surface area contributed by atoms with E-state index in [2.05, 4.69) is 67.8 Å². The molecule has 0 heterocycles. The van der Waals surface area contributed by atoms with Crippen molar-refractivity contribution in [3.8, 4) is 0 Å². The minimum absolute atomic E-state index is 0.0685. The molecule has 0 bridgehead atoms. The average Bonchev–Trinajstić information content (AvgIpc) is 3.07. The third-order valence-electron chi connectivity index (χ3n) is 7.82. The molecular formula is C39H71N2O6P. The number of hydrogen-bond acceptors (Lipinski definition) is 6. The van der Waals surface area contributed by atoms with E-state index in [1.54, 1.807) is 6.08 Å². The van der Waals surface area contributed by atoms with Crippen LogP contribution < -0.4 is 11.1 Å². The van der Waals surface area contributed by atoms with Gasteiger partial charge >= 0.3 is 7.82 Å². The minimum atomic E-state index is -4.34. The molecule has 1 amide bonds. The molecule has 0 aliphatic heterocycles. The van der Waals surface area contributed by atoms with Gasteiger partial charge in [-0.2, -0.15) is 0 Å². The third-order valence-corrected chi connectivity index (χ3v) is 8.80. The first-order valence-corrected chi connectivity index (χ1v) is 20.4. The highest BCUT2D eigenvalue weighted by Gasteiger charge is 2.26. The molecule has 0 aromatic heterocycles. The first kappa shape index (κ1) is 46.2. The fourth-order valence-corrected chi connectivity index (χ4v) is 5.66. The largest absolute Gasteiger partial charge is 0.472 e. The van der Waals surface area contributed by atoms with Gasteiger partial charge in [0.05, 0.1) is 25.4 Å². The number of nitrogens with two attached hydrogens (primary N) is 1. The molecule has 278 valence electrons. The second-order valence-electron chi connectivity index (χ2n) is 12.4. The van der Waals surface area contributed by atoms with Crippen molar-refractivity contribution in [1.82, 2.24) is 5.32 Å². The van der Waals surface area contributed by atoms with Crippen LogP contribution >= 0.6 is 7.82 Å². The Morgan fingerprint density at radius 1 is 0.688 bits per heavy atom. The Labute approximate surface area is 294 Å². The van der Waals surface area contributed by atoms with Gasteiger partial charge in [-0.05, 0) is 64.2 Å². The van der Waals surface area contributed by atoms with Crippen LogP contribution in [0.3, 0.4) is 0 Å². The van der Waals surface area contributed by atoms with Crippen molar-refractivity contribution in [2.45, 2.75) is 161 Å². The summed E-state index contributed by atoms with van der Waals surface area (Å²) in [6.45, 7) is 3.98. The van der Waals surface area contributed by atoms with Crippen LogP contribution in [0.5, 0.6) is 0 Å². The second kappa shape index (κ2) is 35.0. The van der Waals surface area contributed by atoms with Gasteiger partial charge in [0.25, 0.3) is 0 Å². The van der Waals surface area contributed by atoms with Crippen LogP contribution in [0.25, 0.3) is 0 Å². The SMILES string of the molecule is CCCC/C=C/CC/C=C/C(O)C(COP(=O)(O)OCCN)NC(=O)CCCCCCCC/C=C\C/C=C\C/C=C\CCCCCCC. The zero-order valence-corrected chi connectivity index (χ0v) is 31.3. The fourth-order valence-electron chi connectivity index (χ4n) is 4.90. The number of carbonyl (C=O) groups is 1. The molecule has 0 aliphatic carbocycles. The van der Waals surface area contributed by atoms with Crippen LogP contribution in [0.1, 0.15) is 149 Å². The van der Waals surface area contributed by atoms with Crippen LogP contribution in [0.2, 0.25) is 0 Å². The quantitative estimate of drug-likeness (QED) is 0.0300. The standard InChI is InChI=1S/C39H71N2O6P/c1-3-5-7-9-11-13-14-15-16-17-18-19-20-21-22-23-24-25-27-29-31-33-39(43)41-37(36-47-48(44,45)46-35-34-40)38(42)32-30-28-26-12-10-8-6-4-2/h10,12,14-15,17-18,20-21,30,32,37-38,42H,3-9,11,13,16,19,22-29,31,33-36,40H2,1-2H3,(H,41,43)(H,44,45)/b12-10+,15-14-,18-17-,21-20-,32-30+. The average molecular weight is 695 g/mol. The number of nitrogens with one attached hydrogen (secondary N) is 1. The maximum atomic E-state index is 12.7. The molecule has 3 unspecified atom stereocenters. The smallest absolute Gasteiger partial charge is 0.387 e. The first-order valence-electron chi connectivity index (χ1n) is 18.9. The highest BCUT2D eigenvalue weighted by molar-refractivity contribution is 7.47. The first-order chi connectivity index (χ1) is 23.4. The predicted molar refractivity (Wildman–Crippen MR) is 203 cm³/mol. The molecule has 0 fully saturated rings. The summed E-state index contributed by atoms with van der Waals surface area (Å²) in [7, 11) is -4.34. The number of aliphatic hydroxyl groups excluding tert-OH is 1. The molecule has 0 radical (unpaired) electrons. The van der Waals surface area contributed by atoms with E-state index in [9.17, 15) is 19.4 Å². The van der Waals surface area contributed by atoms with Gasteiger partial charge in [0.2, 0.25) is 5.91 Å². The summed E-state index contributed by atoms with van der Waals surface area (Å²) < 4.78 is 21.9. The van der Waals surface area contributed by atoms with Gasteiger partial charge in [0.15, 0.2) is 0 Å². The minimum Gasteiger partial charge on any atom is -0.387 e. The number of rotatable bonds is 34. The van der Waals surface area contributed by atoms with Crippen LogP contribution in [-0.4, -0.2) is 47.8 Å². The molecule has 0 saturated carbocycles. The molecule has 0 spiro atoms. The van der Waals surface area contributed by atoms with Crippen LogP contribution in [0, 0.1) is 0 Å². The van der Waals surface area contributed by atoms with Crippen molar-refractivity contribution >= 4 is 13.7 Å². The van der Waals surface area contributed by atoms with Gasteiger partial charge in [0.1, 0.15) is 0 Å². The van der Waals surface area contributed by atoms with Gasteiger partial charge in [-0.15, -0.1) is 0 Å². The molecule has 0 rings (SSSR count). The number of unbranched alkanes of at least 4 members (excludes halogenated alkanes) is 14. The molecule has 0 aromatic rings. The van der Waals surface area contributed by atoms with Gasteiger partial charge in [-0.1, -0.05) is 139 Å². The van der Waals surface area contributed by atoms with Crippen molar-refractivity contribution in [2.75, 3.05) is 19.8 Å². The predicted octanol–water partition coefficient (Wildman–Crippen LogP) is 9.94. The number of carbonyl (C=O) groups excluding carboxylic acids is 1. The van der Waals surface area contributed by atoms with Gasteiger partial charge in [0, 0.05) is 13.0 Å². The molecule has 5 N–H and O–H groups in total. The van der Waals surface area contributed by atoms with E-state index in [0.29, 0.717) is 6.42 Å². The number of phosphoric ester groups is 1. The second-order valence-corrected chi connectivity index (χ2v) is 13.9. The lowest BCUT2D eigenvalue weighted by molar-refractivity contribution is -0.123. The molecule has 0 aromatic carbocycles. The lowest BCUT2D eigenvalue weighted by Crippen LogP contribution is -2.45. The van der Waals surface area contributed by atoms with E-state index < -0.39 is 20.0 Å². The van der Waals surface area contributed by atoms with Crippen LogP contribution in [0.4, 0.5) is 0 Å². The highest BCUT2D eigenvalue weighted by atomic mass is 31.2. The van der Waals surface area contributed by atoms with E-state index in [4.69, 9.17) is 14.8 Å². The number of aliphatic hydroxyl groups is 1. The van der Waals surface area contributed by atoms with E-state index in [1.807, 2.05) is 6.08 Å². The highest BCUT2D eigenvalue weighted by Crippen LogP contribution is 2.43. The molecule has 0 saturated heterocycles. The summed E-state index contributed by atoms with van der Waals surface area (Å²) in [6, 6.07) is -0.883. The van der Waals surface area contributed by atoms with E-state index >= 15 is 0 Å². The molecule has 9 heteroatoms. The van der Waals surface area contributed by atoms with Crippen molar-refractivity contribution in [2.24, 2.45) is 5.73 Å². The van der Waals surface area contributed by atoms with E-state index in [-0.39, 0.29) is 25.7 Å². The Morgan fingerprint density at radius 2 is 1.19 bits per heavy atom. The number of hydrogen-bond donors (Lipinski definition) is 4. The van der Waals surface area contributed by atoms with Crippen LogP contribution in [-0.2, 0) is 18.4 Å². The maximum Gasteiger partial charge on any atom is 0.472 e. The zero-order chi connectivity index (χ0) is 35.4. The van der Waals surface area contributed by atoms with Crippen molar-refractivity contribution in [3.63, 3.8) is 0 Å². The van der Waals surface area contributed by atoms with Gasteiger partial charge in [-0.3, -0.25) is 13.8 Å². The van der Waals surface area contributed by atoms with Crippen molar-refractivity contribution in [1.29, 1.82) is 0 Å². The van der Waals surface area contributed by atoms with Crippen LogP contribution in [0.15, 0.2) is 60.8 Å². The monoisotopic (exact) mass is 695 g/mol. The Kier molecular flexibility index (Phi) is 33.7. The lowest BCUT2D eigenvalue weighted by Gasteiger charge is -2.23. The molecule has 0 aliphatic rings. The number of phosphoric acid groups is 1. The summed E-state index contributed by atoms with van der Waals surface area (Å²) in [5.74, 6) is -0.224. The summed E-state index contributed by atoms with van der Waals surface area (Å²) in [4.78, 5) is 22.5. The van der Waals surface area contributed by atoms with E-state index in [0.717, 1.165) is 64.2 Å².